The van der Waals surface area contributed by atoms with Gasteiger partial charge in [0.05, 0.1) is 18.2 Å². The summed E-state index contributed by atoms with van der Waals surface area (Å²) in [5, 5.41) is 17.8. The Morgan fingerprint density at radius 1 is 1.25 bits per heavy atom. The van der Waals surface area contributed by atoms with Gasteiger partial charge in [0.25, 0.3) is 5.56 Å². The van der Waals surface area contributed by atoms with Crippen LogP contribution in [0.2, 0.25) is 0 Å². The summed E-state index contributed by atoms with van der Waals surface area (Å²) in [6.45, 7) is 1.05. The number of methoxy groups -OCH3 is 1. The zero-order valence-electron chi connectivity index (χ0n) is 15.5. The number of aryl methyl sites for hydroxylation is 1. The van der Waals surface area contributed by atoms with Crippen LogP contribution in [0.3, 0.4) is 0 Å². The number of ether oxygens (including phenoxy) is 1. The number of unbranched alkanes of at least 4 members (excludes halogenated alkanes) is 3. The Labute approximate surface area is 166 Å². The molecular formula is C18H20N6O3S. The van der Waals surface area contributed by atoms with Gasteiger partial charge in [-0.05, 0) is 25.0 Å². The molecule has 1 aromatic carbocycles. The van der Waals surface area contributed by atoms with Gasteiger partial charge in [0.1, 0.15) is 11.3 Å². The number of thioether (sulfide) groups is 1. The maximum absolute atomic E-state index is 12.5. The average molecular weight is 400 g/mol. The molecule has 1 fully saturated rings. The van der Waals surface area contributed by atoms with Crippen molar-refractivity contribution in [3.05, 3.63) is 28.6 Å². The minimum absolute atomic E-state index is 0.00591. The quantitative estimate of drug-likeness (QED) is 0.490. The number of carbonyl (C=O) groups excluding carboxylic acids is 1. The van der Waals surface area contributed by atoms with E-state index in [9.17, 15) is 9.59 Å². The van der Waals surface area contributed by atoms with Crippen LogP contribution in [0.4, 0.5) is 0 Å². The lowest BCUT2D eigenvalue weighted by molar-refractivity contribution is -0.124. The lowest BCUT2D eigenvalue weighted by Crippen LogP contribution is -2.30. The Hall–Kier alpha value is -2.93. The second-order valence-electron chi connectivity index (χ2n) is 6.24. The van der Waals surface area contributed by atoms with Gasteiger partial charge in [0, 0.05) is 19.2 Å². The fraction of sp³-hybridized carbons (Fsp3) is 0.444. The monoisotopic (exact) mass is 400 g/mol. The molecular weight excluding hydrogens is 380 g/mol. The SMILES string of the molecule is COc1ccc2c(=O)n(CCCCCCN3C(=O)CSC3=NC#N)nnc2c1. The van der Waals surface area contributed by atoms with Gasteiger partial charge < -0.3 is 4.74 Å². The van der Waals surface area contributed by atoms with Gasteiger partial charge in [0.2, 0.25) is 12.1 Å². The van der Waals surface area contributed by atoms with Crippen LogP contribution in [0.15, 0.2) is 28.0 Å². The molecule has 146 valence electrons. The van der Waals surface area contributed by atoms with E-state index in [1.807, 2.05) is 0 Å². The Morgan fingerprint density at radius 3 is 2.79 bits per heavy atom. The highest BCUT2D eigenvalue weighted by atomic mass is 32.2. The first-order valence-electron chi connectivity index (χ1n) is 8.95. The number of amidine groups is 1. The van der Waals surface area contributed by atoms with E-state index >= 15 is 0 Å². The number of nitrogens with zero attached hydrogens (tertiary/aromatic N) is 6. The van der Waals surface area contributed by atoms with Crippen LogP contribution in [0.25, 0.3) is 10.9 Å². The minimum atomic E-state index is -0.162. The molecule has 1 saturated heterocycles. The topological polar surface area (TPSA) is 113 Å². The number of rotatable bonds is 8. The summed E-state index contributed by atoms with van der Waals surface area (Å²) >= 11 is 1.30. The van der Waals surface area contributed by atoms with Gasteiger partial charge in [-0.15, -0.1) is 10.1 Å². The molecule has 0 N–H and O–H groups in total. The molecule has 0 bridgehead atoms. The van der Waals surface area contributed by atoms with Crippen LogP contribution in [-0.4, -0.2) is 50.4 Å². The van der Waals surface area contributed by atoms with Gasteiger partial charge in [0.15, 0.2) is 5.17 Å². The first-order chi connectivity index (χ1) is 13.6. The van der Waals surface area contributed by atoms with Crippen LogP contribution in [0.1, 0.15) is 25.7 Å². The first-order valence-corrected chi connectivity index (χ1v) is 9.94. The van der Waals surface area contributed by atoms with Crippen molar-refractivity contribution in [2.45, 2.75) is 32.2 Å². The number of benzene rings is 1. The third-order valence-electron chi connectivity index (χ3n) is 4.43. The van der Waals surface area contributed by atoms with Crippen molar-refractivity contribution in [2.24, 2.45) is 4.99 Å². The van der Waals surface area contributed by atoms with Crippen molar-refractivity contribution in [1.82, 2.24) is 19.9 Å². The van der Waals surface area contributed by atoms with E-state index in [4.69, 9.17) is 10.00 Å². The number of aliphatic imine (C=N–C) groups is 1. The zero-order valence-corrected chi connectivity index (χ0v) is 16.3. The first kappa shape index (κ1) is 19.8. The summed E-state index contributed by atoms with van der Waals surface area (Å²) < 4.78 is 6.51. The molecule has 1 aliphatic rings. The van der Waals surface area contributed by atoms with Crippen LogP contribution < -0.4 is 10.3 Å². The summed E-state index contributed by atoms with van der Waals surface area (Å²) in [6.07, 6.45) is 5.14. The Bertz CT molecular complexity index is 997. The van der Waals surface area contributed by atoms with Gasteiger partial charge in [-0.25, -0.2) is 4.68 Å². The molecule has 2 aromatic rings. The normalized spacial score (nSPS) is 15.4. The highest BCUT2D eigenvalue weighted by Crippen LogP contribution is 2.20. The molecule has 2 heterocycles. The summed E-state index contributed by atoms with van der Waals surface area (Å²) in [5.41, 5.74) is 0.355. The molecule has 0 radical (unpaired) electrons. The Kier molecular flexibility index (Phi) is 6.60. The summed E-state index contributed by atoms with van der Waals surface area (Å²) in [6, 6.07) is 5.13. The van der Waals surface area contributed by atoms with Crippen LogP contribution in [-0.2, 0) is 11.3 Å². The number of amides is 1. The Morgan fingerprint density at radius 2 is 2.04 bits per heavy atom. The highest BCUT2D eigenvalue weighted by molar-refractivity contribution is 8.15. The predicted molar refractivity (Wildman–Crippen MR) is 106 cm³/mol. The number of aromatic nitrogens is 3. The third kappa shape index (κ3) is 4.48. The van der Waals surface area contributed by atoms with E-state index in [-0.39, 0.29) is 11.5 Å². The van der Waals surface area contributed by atoms with E-state index in [1.54, 1.807) is 36.4 Å². The third-order valence-corrected chi connectivity index (χ3v) is 5.40. The minimum Gasteiger partial charge on any atom is -0.497 e. The molecule has 28 heavy (non-hydrogen) atoms. The number of carbonyl (C=O) groups is 1. The molecule has 0 atom stereocenters. The van der Waals surface area contributed by atoms with Crippen LogP contribution >= 0.6 is 11.8 Å². The second-order valence-corrected chi connectivity index (χ2v) is 7.19. The van der Waals surface area contributed by atoms with Gasteiger partial charge >= 0.3 is 0 Å². The molecule has 3 rings (SSSR count). The largest absolute Gasteiger partial charge is 0.497 e. The van der Waals surface area contributed by atoms with E-state index in [2.05, 4.69) is 15.3 Å². The highest BCUT2D eigenvalue weighted by Gasteiger charge is 2.27. The summed E-state index contributed by atoms with van der Waals surface area (Å²) in [4.78, 5) is 29.5. The Balaban J connectivity index is 1.47. The number of hydrogen-bond donors (Lipinski definition) is 0. The van der Waals surface area contributed by atoms with Gasteiger partial charge in [-0.1, -0.05) is 29.8 Å². The number of fused-ring (bicyclic) bond motifs is 1. The molecule has 0 spiro atoms. The molecule has 0 unspecified atom stereocenters. The van der Waals surface area contributed by atoms with Gasteiger partial charge in [-0.2, -0.15) is 5.26 Å². The summed E-state index contributed by atoms with van der Waals surface area (Å²) in [5.74, 6) is 0.973. The molecule has 0 saturated carbocycles. The standard InChI is InChI=1S/C18H20N6O3S/c1-27-13-6-7-14-15(10-13)21-22-24(17(14)26)9-5-3-2-4-8-23-16(25)11-28-18(23)20-12-19/h6-7,10H,2-5,8-9,11H2,1H3. The average Bonchev–Trinajstić information content (AvgIpc) is 3.05. The molecule has 0 aliphatic carbocycles. The lowest BCUT2D eigenvalue weighted by atomic mass is 10.2. The fourth-order valence-electron chi connectivity index (χ4n) is 2.96. The van der Waals surface area contributed by atoms with E-state index < -0.39 is 0 Å². The van der Waals surface area contributed by atoms with E-state index in [0.29, 0.717) is 40.7 Å². The molecule has 1 aliphatic heterocycles. The van der Waals surface area contributed by atoms with E-state index in [0.717, 1.165) is 25.7 Å². The van der Waals surface area contributed by atoms with Gasteiger partial charge in [-0.3, -0.25) is 14.5 Å². The smallest absolute Gasteiger partial charge is 0.277 e. The second kappa shape index (κ2) is 9.32. The van der Waals surface area contributed by atoms with Crippen molar-refractivity contribution in [1.29, 1.82) is 5.26 Å². The molecule has 10 heteroatoms. The van der Waals surface area contributed by atoms with Crippen molar-refractivity contribution < 1.29 is 9.53 Å². The van der Waals surface area contributed by atoms with Crippen molar-refractivity contribution >= 4 is 33.7 Å². The van der Waals surface area contributed by atoms with Crippen molar-refractivity contribution in [3.63, 3.8) is 0 Å². The van der Waals surface area contributed by atoms with Crippen molar-refractivity contribution in [2.75, 3.05) is 19.4 Å². The number of nitriles is 1. The lowest BCUT2D eigenvalue weighted by Gasteiger charge is -2.14. The number of hydrogen-bond acceptors (Lipinski definition) is 8. The zero-order chi connectivity index (χ0) is 19.9. The molecule has 1 amide bonds. The van der Waals surface area contributed by atoms with Crippen LogP contribution in [0.5, 0.6) is 5.75 Å². The fourth-order valence-corrected chi connectivity index (χ4v) is 3.82. The summed E-state index contributed by atoms with van der Waals surface area (Å²) in [7, 11) is 1.56. The molecule has 1 aromatic heterocycles. The molecule has 9 nitrogen and oxygen atoms in total. The van der Waals surface area contributed by atoms with E-state index in [1.165, 1.54) is 16.4 Å². The van der Waals surface area contributed by atoms with Crippen LogP contribution in [0, 0.1) is 11.5 Å². The van der Waals surface area contributed by atoms with Crippen molar-refractivity contribution in [3.8, 4) is 11.9 Å². The maximum atomic E-state index is 12.5. The predicted octanol–water partition coefficient (Wildman–Crippen LogP) is 1.77. The maximum Gasteiger partial charge on any atom is 0.277 e.